The van der Waals surface area contributed by atoms with E-state index in [1.165, 1.54) is 12.5 Å². The zero-order valence-electron chi connectivity index (χ0n) is 7.12. The molecule has 12 heavy (non-hydrogen) atoms. The molecule has 64 valence electrons. The monoisotopic (exact) mass is 165 g/mol. The number of aliphatic imine (C=N–C) groups is 1. The van der Waals surface area contributed by atoms with Gasteiger partial charge in [0, 0.05) is 12.6 Å². The highest BCUT2D eigenvalue weighted by Gasteiger charge is 2.19. The van der Waals surface area contributed by atoms with E-state index in [1.807, 2.05) is 0 Å². The zero-order valence-corrected chi connectivity index (χ0v) is 7.12. The van der Waals surface area contributed by atoms with Gasteiger partial charge in [0.25, 0.3) is 0 Å². The Bertz CT molecular complexity index is 292. The third-order valence-electron chi connectivity index (χ3n) is 1.65. The van der Waals surface area contributed by atoms with Crippen molar-refractivity contribution in [1.29, 1.82) is 0 Å². The Kier molecular flexibility index (Phi) is 2.66. The van der Waals surface area contributed by atoms with E-state index in [2.05, 4.69) is 16.6 Å². The zero-order chi connectivity index (χ0) is 8.97. The molecule has 0 radical (unpaired) electrons. The van der Waals surface area contributed by atoms with Crippen LogP contribution in [0.3, 0.4) is 0 Å². The summed E-state index contributed by atoms with van der Waals surface area (Å²) in [7, 11) is 0. The molecule has 0 unspecified atom stereocenters. The van der Waals surface area contributed by atoms with Crippen molar-refractivity contribution < 1.29 is 0 Å². The van der Waals surface area contributed by atoms with Gasteiger partial charge in [0.1, 0.15) is 11.3 Å². The Morgan fingerprint density at radius 1 is 1.67 bits per heavy atom. The topological polar surface area (TPSA) is 78.5 Å². The fraction of sp³-hybridized carbons (Fsp3) is 0.375. The van der Waals surface area contributed by atoms with E-state index in [-0.39, 0.29) is 0 Å². The average Bonchev–Trinajstić information content (AvgIpc) is 2.05. The summed E-state index contributed by atoms with van der Waals surface area (Å²) in [6.45, 7) is 2.08. The molecule has 1 aliphatic rings. The van der Waals surface area contributed by atoms with E-state index >= 15 is 0 Å². The van der Waals surface area contributed by atoms with Gasteiger partial charge in [0.15, 0.2) is 0 Å². The molecular weight excluding hydrogens is 152 g/mol. The highest BCUT2D eigenvalue weighted by atomic mass is 14.9. The fourth-order valence-electron chi connectivity index (χ4n) is 1.07. The van der Waals surface area contributed by atoms with E-state index in [1.54, 1.807) is 0 Å². The van der Waals surface area contributed by atoms with Gasteiger partial charge in [-0.05, 0) is 6.42 Å². The second-order valence-electron chi connectivity index (χ2n) is 2.54. The molecule has 4 N–H and O–H groups in total. The molecule has 0 saturated carbocycles. The maximum Gasteiger partial charge on any atom is 0.318 e. The molecule has 0 saturated heterocycles. The molecule has 0 bridgehead atoms. The van der Waals surface area contributed by atoms with E-state index in [0.717, 1.165) is 24.1 Å². The van der Waals surface area contributed by atoms with Crippen LogP contribution in [0, 0.1) is 0 Å². The number of rotatable bonds is 2. The Balaban J connectivity index is 2.93. The van der Waals surface area contributed by atoms with Crippen LogP contribution >= 0.6 is 0 Å². The van der Waals surface area contributed by atoms with Crippen LogP contribution in [0.25, 0.3) is 0 Å². The number of hydrogen-bond acceptors (Lipinski definition) is 3. The standard InChI is InChI=1S/C8H12N4/c1-2-3-7-6(4-9)8(10)12-5-11-7/h4-5H,2-3H2,1H3,(H3,9,10,11,12)/p+1. The van der Waals surface area contributed by atoms with Gasteiger partial charge in [0.2, 0.25) is 0 Å². The highest BCUT2D eigenvalue weighted by Crippen LogP contribution is 2.04. The SMILES string of the molecule is CCCC1=NC=[N+]=C(N)C1=CN. The van der Waals surface area contributed by atoms with Crippen molar-refractivity contribution in [2.24, 2.45) is 16.5 Å². The minimum absolute atomic E-state index is 0.455. The Morgan fingerprint density at radius 3 is 3.00 bits per heavy atom. The first kappa shape index (κ1) is 8.56. The number of nitrogens with two attached hydrogens (primary N) is 2. The lowest BCUT2D eigenvalue weighted by Gasteiger charge is -2.01. The van der Waals surface area contributed by atoms with Gasteiger partial charge < -0.3 is 11.5 Å². The van der Waals surface area contributed by atoms with E-state index < -0.39 is 0 Å². The van der Waals surface area contributed by atoms with E-state index in [0.29, 0.717) is 5.84 Å². The van der Waals surface area contributed by atoms with Crippen LogP contribution < -0.4 is 16.1 Å². The van der Waals surface area contributed by atoms with Crippen molar-refractivity contribution in [2.45, 2.75) is 19.8 Å². The molecule has 0 aliphatic carbocycles. The van der Waals surface area contributed by atoms with E-state index in [4.69, 9.17) is 11.5 Å². The van der Waals surface area contributed by atoms with Crippen molar-refractivity contribution >= 4 is 17.9 Å². The molecule has 0 atom stereocenters. The molecule has 4 nitrogen and oxygen atoms in total. The molecule has 0 aromatic heterocycles. The highest BCUT2D eigenvalue weighted by molar-refractivity contribution is 6.25. The molecule has 0 aromatic carbocycles. The normalized spacial score (nSPS) is 19.2. The van der Waals surface area contributed by atoms with Gasteiger partial charge in [-0.1, -0.05) is 11.9 Å². The molecule has 0 spiro atoms. The largest absolute Gasteiger partial charge is 0.404 e. The van der Waals surface area contributed by atoms with Gasteiger partial charge in [-0.25, -0.2) is 4.67 Å². The minimum atomic E-state index is 0.455. The maximum atomic E-state index is 5.60. The smallest absolute Gasteiger partial charge is 0.318 e. The summed E-state index contributed by atoms with van der Waals surface area (Å²) in [6.07, 6.45) is 4.83. The Labute approximate surface area is 71.4 Å². The number of nitrogens with zero attached hydrogens (tertiary/aromatic N) is 2. The van der Waals surface area contributed by atoms with Gasteiger partial charge in [-0.2, -0.15) is 0 Å². The van der Waals surface area contributed by atoms with Crippen molar-refractivity contribution in [3.63, 3.8) is 0 Å². The Hall–Kier alpha value is -1.54. The van der Waals surface area contributed by atoms with Crippen molar-refractivity contribution in [1.82, 2.24) is 4.67 Å². The van der Waals surface area contributed by atoms with Gasteiger partial charge in [0.05, 0.1) is 0 Å². The second-order valence-corrected chi connectivity index (χ2v) is 2.54. The molecular formula is C8H13N4+. The molecule has 1 heterocycles. The third kappa shape index (κ3) is 1.54. The fourth-order valence-corrected chi connectivity index (χ4v) is 1.07. The number of amidine groups is 1. The number of hydrogen-bond donors (Lipinski definition) is 2. The first-order valence-electron chi connectivity index (χ1n) is 3.93. The predicted octanol–water partition coefficient (Wildman–Crippen LogP) is -0.464. The Morgan fingerprint density at radius 2 is 2.42 bits per heavy atom. The van der Waals surface area contributed by atoms with Crippen LogP contribution in [0.4, 0.5) is 0 Å². The van der Waals surface area contributed by atoms with Crippen LogP contribution in [0.2, 0.25) is 0 Å². The van der Waals surface area contributed by atoms with Crippen LogP contribution in [-0.4, -0.2) is 17.9 Å². The minimum Gasteiger partial charge on any atom is -0.404 e. The molecule has 0 fully saturated rings. The van der Waals surface area contributed by atoms with Gasteiger partial charge in [-0.3, -0.25) is 0 Å². The van der Waals surface area contributed by atoms with Crippen molar-refractivity contribution in [3.8, 4) is 0 Å². The van der Waals surface area contributed by atoms with Gasteiger partial charge in [-0.15, -0.1) is 0 Å². The summed E-state index contributed by atoms with van der Waals surface area (Å²) < 4.78 is 3.85. The summed E-state index contributed by atoms with van der Waals surface area (Å²) in [4.78, 5) is 4.10. The lowest BCUT2D eigenvalue weighted by molar-refractivity contribution is 0.993. The van der Waals surface area contributed by atoms with Crippen LogP contribution in [0.15, 0.2) is 16.8 Å². The lowest BCUT2D eigenvalue weighted by atomic mass is 10.1. The summed E-state index contributed by atoms with van der Waals surface area (Å²) >= 11 is 0. The molecule has 4 heteroatoms. The van der Waals surface area contributed by atoms with E-state index in [9.17, 15) is 0 Å². The molecule has 0 amide bonds. The quantitative estimate of drug-likeness (QED) is 0.543. The summed E-state index contributed by atoms with van der Waals surface area (Å²) in [5.41, 5.74) is 12.7. The van der Waals surface area contributed by atoms with Crippen LogP contribution in [-0.2, 0) is 0 Å². The first-order valence-corrected chi connectivity index (χ1v) is 3.93. The average molecular weight is 165 g/mol. The molecule has 1 aliphatic heterocycles. The molecule has 1 rings (SSSR count). The third-order valence-corrected chi connectivity index (χ3v) is 1.65. The maximum absolute atomic E-state index is 5.60. The predicted molar refractivity (Wildman–Crippen MR) is 52.0 cm³/mol. The summed E-state index contributed by atoms with van der Waals surface area (Å²) in [6, 6.07) is 0. The van der Waals surface area contributed by atoms with Crippen molar-refractivity contribution in [3.05, 3.63) is 11.8 Å². The van der Waals surface area contributed by atoms with Crippen LogP contribution in [0.1, 0.15) is 19.8 Å². The second kappa shape index (κ2) is 3.74. The van der Waals surface area contributed by atoms with Crippen molar-refractivity contribution in [2.75, 3.05) is 0 Å². The summed E-state index contributed by atoms with van der Waals surface area (Å²) in [5, 5.41) is 0. The summed E-state index contributed by atoms with van der Waals surface area (Å²) in [5.74, 6) is 0.455. The first-order chi connectivity index (χ1) is 5.79. The van der Waals surface area contributed by atoms with Gasteiger partial charge >= 0.3 is 12.2 Å². The van der Waals surface area contributed by atoms with Crippen LogP contribution in [0.5, 0.6) is 0 Å². The molecule has 0 aromatic rings. The lowest BCUT2D eigenvalue weighted by Crippen LogP contribution is -2.27.